The molecule has 21 heavy (non-hydrogen) atoms. The lowest BCUT2D eigenvalue weighted by atomic mass is 9.92. The van der Waals surface area contributed by atoms with Gasteiger partial charge in [-0.2, -0.15) is 0 Å². The molecule has 0 aliphatic carbocycles. The van der Waals surface area contributed by atoms with Crippen LogP contribution in [0.3, 0.4) is 0 Å². The van der Waals surface area contributed by atoms with Crippen LogP contribution in [0.15, 0.2) is 0 Å². The van der Waals surface area contributed by atoms with Crippen molar-refractivity contribution in [1.29, 1.82) is 0 Å². The molecule has 2 heterocycles. The summed E-state index contributed by atoms with van der Waals surface area (Å²) in [7, 11) is 2.13. The first-order valence-corrected chi connectivity index (χ1v) is 8.23. The lowest BCUT2D eigenvalue weighted by molar-refractivity contribution is -0.152. The third-order valence-corrected chi connectivity index (χ3v) is 4.72. The van der Waals surface area contributed by atoms with Crippen LogP contribution in [0.1, 0.15) is 40.0 Å². The highest BCUT2D eigenvalue weighted by Gasteiger charge is 2.42. The molecule has 5 nitrogen and oxygen atoms in total. The van der Waals surface area contributed by atoms with Crippen LogP contribution in [-0.2, 0) is 9.59 Å². The Morgan fingerprint density at radius 2 is 2.05 bits per heavy atom. The number of rotatable bonds is 4. The molecule has 2 aliphatic rings. The van der Waals surface area contributed by atoms with Gasteiger partial charge in [-0.15, -0.1) is 0 Å². The Bertz CT molecular complexity index is 397. The number of likely N-dealkylation sites (tertiary alicyclic amines) is 1. The van der Waals surface area contributed by atoms with Gasteiger partial charge < -0.3 is 15.1 Å². The minimum atomic E-state index is -0.339. The summed E-state index contributed by atoms with van der Waals surface area (Å²) in [6.45, 7) is 8.86. The first-order valence-electron chi connectivity index (χ1n) is 8.23. The van der Waals surface area contributed by atoms with E-state index in [-0.39, 0.29) is 29.8 Å². The van der Waals surface area contributed by atoms with Gasteiger partial charge in [-0.25, -0.2) is 0 Å². The molecular weight excluding hydrogens is 266 g/mol. The predicted octanol–water partition coefficient (Wildman–Crippen LogP) is 1.09. The fraction of sp³-hybridized carbons (Fsp3) is 0.875. The van der Waals surface area contributed by atoms with E-state index < -0.39 is 0 Å². The third-order valence-electron chi connectivity index (χ3n) is 4.72. The van der Waals surface area contributed by atoms with Crippen molar-refractivity contribution in [3.8, 4) is 0 Å². The molecule has 0 aromatic rings. The molecule has 0 bridgehead atoms. The van der Waals surface area contributed by atoms with E-state index >= 15 is 0 Å². The minimum absolute atomic E-state index is 0.0145. The van der Waals surface area contributed by atoms with Crippen LogP contribution in [0.2, 0.25) is 0 Å². The zero-order chi connectivity index (χ0) is 15.6. The van der Waals surface area contributed by atoms with Crippen molar-refractivity contribution in [1.82, 2.24) is 15.1 Å². The summed E-state index contributed by atoms with van der Waals surface area (Å²) in [6.07, 6.45) is 2.99. The minimum Gasteiger partial charge on any atom is -0.343 e. The lowest BCUT2D eigenvalue weighted by Gasteiger charge is -2.43. The average molecular weight is 295 g/mol. The maximum absolute atomic E-state index is 12.7. The largest absolute Gasteiger partial charge is 0.343 e. The standard InChI is InChI=1S/C16H29N3O2/c1-5-13-16(21)19(14(11(2)3)15(20)17-13)10-12-7-6-8-18(4)9-12/h11-14H,5-10H2,1-4H3,(H,17,20). The number of carbonyl (C=O) groups excluding carboxylic acids is 2. The Balaban J connectivity index is 2.13. The van der Waals surface area contributed by atoms with Crippen molar-refractivity contribution < 1.29 is 9.59 Å². The van der Waals surface area contributed by atoms with E-state index in [1.165, 1.54) is 6.42 Å². The van der Waals surface area contributed by atoms with Crippen molar-refractivity contribution in [3.63, 3.8) is 0 Å². The van der Waals surface area contributed by atoms with Gasteiger partial charge in [0.2, 0.25) is 11.8 Å². The molecular formula is C16H29N3O2. The van der Waals surface area contributed by atoms with E-state index in [1.807, 2.05) is 25.7 Å². The zero-order valence-electron chi connectivity index (χ0n) is 13.8. The van der Waals surface area contributed by atoms with Gasteiger partial charge >= 0.3 is 0 Å². The van der Waals surface area contributed by atoms with Crippen LogP contribution in [0.4, 0.5) is 0 Å². The molecule has 120 valence electrons. The van der Waals surface area contributed by atoms with Gasteiger partial charge in [0.25, 0.3) is 0 Å². The van der Waals surface area contributed by atoms with Crippen molar-refractivity contribution in [2.75, 3.05) is 26.7 Å². The van der Waals surface area contributed by atoms with Gasteiger partial charge in [-0.3, -0.25) is 9.59 Å². The molecule has 2 aliphatic heterocycles. The first-order chi connectivity index (χ1) is 9.93. The topological polar surface area (TPSA) is 52.7 Å². The number of nitrogens with one attached hydrogen (secondary N) is 1. The van der Waals surface area contributed by atoms with Gasteiger partial charge in [0.1, 0.15) is 12.1 Å². The van der Waals surface area contributed by atoms with Crippen LogP contribution in [0, 0.1) is 11.8 Å². The maximum Gasteiger partial charge on any atom is 0.245 e. The Kier molecular flexibility index (Phi) is 5.25. The maximum atomic E-state index is 12.7. The van der Waals surface area contributed by atoms with E-state index in [2.05, 4.69) is 17.3 Å². The van der Waals surface area contributed by atoms with Crippen molar-refractivity contribution in [3.05, 3.63) is 0 Å². The van der Waals surface area contributed by atoms with E-state index in [4.69, 9.17) is 0 Å². The van der Waals surface area contributed by atoms with Crippen LogP contribution < -0.4 is 5.32 Å². The van der Waals surface area contributed by atoms with Crippen molar-refractivity contribution in [2.45, 2.75) is 52.1 Å². The van der Waals surface area contributed by atoms with E-state index in [0.717, 1.165) is 26.1 Å². The molecule has 2 rings (SSSR count). The molecule has 0 aromatic carbocycles. The number of hydrogen-bond acceptors (Lipinski definition) is 3. The number of nitrogens with zero attached hydrogens (tertiary/aromatic N) is 2. The summed E-state index contributed by atoms with van der Waals surface area (Å²) in [4.78, 5) is 29.2. The van der Waals surface area contributed by atoms with Crippen molar-refractivity contribution in [2.24, 2.45) is 11.8 Å². The second-order valence-electron chi connectivity index (χ2n) is 6.92. The fourth-order valence-corrected chi connectivity index (χ4v) is 3.64. The molecule has 2 saturated heterocycles. The Labute approximate surface area is 128 Å². The van der Waals surface area contributed by atoms with Gasteiger partial charge in [0.15, 0.2) is 0 Å². The van der Waals surface area contributed by atoms with Gasteiger partial charge in [-0.05, 0) is 44.7 Å². The van der Waals surface area contributed by atoms with E-state index in [1.54, 1.807) is 0 Å². The summed E-state index contributed by atoms with van der Waals surface area (Å²) < 4.78 is 0. The number of hydrogen-bond donors (Lipinski definition) is 1. The summed E-state index contributed by atoms with van der Waals surface area (Å²) in [5.74, 6) is 0.745. The SMILES string of the molecule is CCC1NC(=O)C(C(C)C)N(CC2CCCN(C)C2)C1=O. The second kappa shape index (κ2) is 6.77. The molecule has 0 radical (unpaired) electrons. The number of carbonyl (C=O) groups is 2. The molecule has 0 aromatic heterocycles. The van der Waals surface area contributed by atoms with E-state index in [0.29, 0.717) is 12.3 Å². The highest BCUT2D eigenvalue weighted by atomic mass is 16.2. The molecule has 2 amide bonds. The summed E-state index contributed by atoms with van der Waals surface area (Å²) in [6, 6.07) is -0.652. The fourth-order valence-electron chi connectivity index (χ4n) is 3.64. The molecule has 0 spiro atoms. The molecule has 1 N–H and O–H groups in total. The van der Waals surface area contributed by atoms with Crippen LogP contribution in [0.25, 0.3) is 0 Å². The predicted molar refractivity (Wildman–Crippen MR) is 82.8 cm³/mol. The number of piperazine rings is 1. The van der Waals surface area contributed by atoms with Gasteiger partial charge in [-0.1, -0.05) is 20.8 Å². The normalized spacial score (nSPS) is 31.7. The molecule has 0 saturated carbocycles. The highest BCUT2D eigenvalue weighted by molar-refractivity contribution is 5.97. The summed E-state index contributed by atoms with van der Waals surface area (Å²) in [5, 5.41) is 2.88. The quantitative estimate of drug-likeness (QED) is 0.845. The van der Waals surface area contributed by atoms with Crippen LogP contribution in [-0.4, -0.2) is 60.4 Å². The third kappa shape index (κ3) is 3.57. The highest BCUT2D eigenvalue weighted by Crippen LogP contribution is 2.23. The Morgan fingerprint density at radius 3 is 2.62 bits per heavy atom. The Morgan fingerprint density at radius 1 is 1.33 bits per heavy atom. The number of piperidine rings is 1. The monoisotopic (exact) mass is 295 g/mol. The molecule has 3 unspecified atom stereocenters. The molecule has 5 heteroatoms. The molecule has 3 atom stereocenters. The summed E-state index contributed by atoms with van der Waals surface area (Å²) in [5.41, 5.74) is 0. The van der Waals surface area contributed by atoms with E-state index in [9.17, 15) is 9.59 Å². The first kappa shape index (κ1) is 16.3. The van der Waals surface area contributed by atoms with Crippen molar-refractivity contribution >= 4 is 11.8 Å². The van der Waals surface area contributed by atoms with Gasteiger partial charge in [0, 0.05) is 13.1 Å². The Hall–Kier alpha value is -1.10. The summed E-state index contributed by atoms with van der Waals surface area (Å²) >= 11 is 0. The number of amides is 2. The lowest BCUT2D eigenvalue weighted by Crippen LogP contribution is -2.65. The smallest absolute Gasteiger partial charge is 0.245 e. The second-order valence-corrected chi connectivity index (χ2v) is 6.92. The van der Waals surface area contributed by atoms with Crippen LogP contribution in [0.5, 0.6) is 0 Å². The zero-order valence-corrected chi connectivity index (χ0v) is 13.8. The van der Waals surface area contributed by atoms with Crippen LogP contribution >= 0.6 is 0 Å². The molecule has 2 fully saturated rings. The van der Waals surface area contributed by atoms with Gasteiger partial charge in [0.05, 0.1) is 0 Å². The average Bonchev–Trinajstić information content (AvgIpc) is 2.42.